The summed E-state index contributed by atoms with van der Waals surface area (Å²) in [4.78, 5) is 10.8. The maximum Gasteiger partial charge on any atom is 0.126 e. The van der Waals surface area contributed by atoms with E-state index >= 15 is 0 Å². The van der Waals surface area contributed by atoms with E-state index in [0.29, 0.717) is 5.88 Å². The van der Waals surface area contributed by atoms with Crippen LogP contribution in [0.2, 0.25) is 0 Å². The van der Waals surface area contributed by atoms with Crippen LogP contribution in [0.3, 0.4) is 0 Å². The van der Waals surface area contributed by atoms with Gasteiger partial charge in [-0.15, -0.1) is 11.6 Å². The molecule has 0 N–H and O–H groups in total. The summed E-state index contributed by atoms with van der Waals surface area (Å²) in [7, 11) is 0. The van der Waals surface area contributed by atoms with Crippen molar-refractivity contribution in [3.05, 3.63) is 0 Å². The summed E-state index contributed by atoms with van der Waals surface area (Å²) in [6.45, 7) is 0. The number of carbonyl (C=O) groups excluding carboxylic acids is 1. The van der Waals surface area contributed by atoms with Crippen LogP contribution in [0.15, 0.2) is 0 Å². The highest BCUT2D eigenvalue weighted by molar-refractivity contribution is 6.17. The zero-order chi connectivity index (χ0) is 8.16. The summed E-state index contributed by atoms with van der Waals surface area (Å²) in [5.74, 6) is 0.624. The molecule has 0 bridgehead atoms. The number of rotatable bonds is 3. The van der Waals surface area contributed by atoms with Gasteiger partial charge in [-0.3, -0.25) is 0 Å². The van der Waals surface area contributed by atoms with E-state index in [9.17, 15) is 4.79 Å². The van der Waals surface area contributed by atoms with Crippen molar-refractivity contribution in [3.63, 3.8) is 0 Å². The quantitative estimate of drug-likeness (QED) is 0.475. The Bertz CT molecular complexity index is 122. The molecule has 0 aromatic heterocycles. The third kappa shape index (κ3) is 2.19. The van der Waals surface area contributed by atoms with Gasteiger partial charge >= 0.3 is 0 Å². The Kier molecular flexibility index (Phi) is 3.38. The fraction of sp³-hybridized carbons (Fsp3) is 0.889. The van der Waals surface area contributed by atoms with Gasteiger partial charge in [-0.2, -0.15) is 0 Å². The van der Waals surface area contributed by atoms with Gasteiger partial charge in [0.1, 0.15) is 6.29 Å². The van der Waals surface area contributed by atoms with E-state index < -0.39 is 0 Å². The highest BCUT2D eigenvalue weighted by Gasteiger charge is 2.30. The topological polar surface area (TPSA) is 17.1 Å². The zero-order valence-corrected chi connectivity index (χ0v) is 7.57. The highest BCUT2D eigenvalue weighted by Crippen LogP contribution is 2.37. The number of hydrogen-bond acceptors (Lipinski definition) is 1. The van der Waals surface area contributed by atoms with E-state index in [1.54, 1.807) is 0 Å². The molecule has 1 fully saturated rings. The average Bonchev–Trinajstić information content (AvgIpc) is 2.07. The molecule has 2 heteroatoms. The van der Waals surface area contributed by atoms with Crippen molar-refractivity contribution in [2.24, 2.45) is 5.41 Å². The third-order valence-electron chi connectivity index (χ3n) is 2.69. The van der Waals surface area contributed by atoms with Crippen LogP contribution in [0.1, 0.15) is 38.5 Å². The van der Waals surface area contributed by atoms with Crippen LogP contribution in [-0.4, -0.2) is 12.2 Å². The summed E-state index contributed by atoms with van der Waals surface area (Å²) >= 11 is 5.64. The van der Waals surface area contributed by atoms with Crippen LogP contribution < -0.4 is 0 Å². The second-order valence-electron chi connectivity index (χ2n) is 3.48. The lowest BCUT2D eigenvalue weighted by Crippen LogP contribution is -2.26. The standard InChI is InChI=1S/C9H15ClO/c10-7-6-9(8-11)4-2-1-3-5-9/h8H,1-7H2. The third-order valence-corrected chi connectivity index (χ3v) is 2.88. The lowest BCUT2D eigenvalue weighted by atomic mass is 9.73. The molecule has 0 amide bonds. The van der Waals surface area contributed by atoms with Crippen LogP contribution in [0.4, 0.5) is 0 Å². The summed E-state index contributed by atoms with van der Waals surface area (Å²) in [5.41, 5.74) is -0.0417. The first kappa shape index (κ1) is 9.05. The maximum absolute atomic E-state index is 10.8. The minimum absolute atomic E-state index is 0.0417. The molecular formula is C9H15ClO. The van der Waals surface area contributed by atoms with E-state index in [0.717, 1.165) is 25.5 Å². The van der Waals surface area contributed by atoms with Gasteiger partial charge in [-0.25, -0.2) is 0 Å². The predicted molar refractivity (Wildman–Crippen MR) is 46.9 cm³/mol. The molecule has 0 aliphatic heterocycles. The molecule has 0 unspecified atom stereocenters. The second-order valence-corrected chi connectivity index (χ2v) is 3.86. The largest absolute Gasteiger partial charge is 0.303 e. The van der Waals surface area contributed by atoms with Crippen molar-refractivity contribution in [3.8, 4) is 0 Å². The van der Waals surface area contributed by atoms with Crippen LogP contribution in [-0.2, 0) is 4.79 Å². The van der Waals surface area contributed by atoms with Gasteiger partial charge < -0.3 is 4.79 Å². The minimum atomic E-state index is -0.0417. The van der Waals surface area contributed by atoms with Crippen molar-refractivity contribution in [2.45, 2.75) is 38.5 Å². The lowest BCUT2D eigenvalue weighted by Gasteiger charge is -2.31. The number of halogens is 1. The molecule has 0 aromatic carbocycles. The van der Waals surface area contributed by atoms with Gasteiger partial charge in [0.05, 0.1) is 0 Å². The van der Waals surface area contributed by atoms with Crippen molar-refractivity contribution in [2.75, 3.05) is 5.88 Å². The fourth-order valence-electron chi connectivity index (χ4n) is 1.87. The van der Waals surface area contributed by atoms with Crippen LogP contribution in [0.25, 0.3) is 0 Å². The summed E-state index contributed by atoms with van der Waals surface area (Å²) in [6.07, 6.45) is 7.82. The van der Waals surface area contributed by atoms with E-state index in [4.69, 9.17) is 11.6 Å². The Morgan fingerprint density at radius 2 is 1.91 bits per heavy atom. The molecule has 0 saturated heterocycles. The fourth-order valence-corrected chi connectivity index (χ4v) is 2.25. The molecule has 0 aromatic rings. The van der Waals surface area contributed by atoms with E-state index in [2.05, 4.69) is 0 Å². The van der Waals surface area contributed by atoms with E-state index in [-0.39, 0.29) is 5.41 Å². The van der Waals surface area contributed by atoms with Crippen molar-refractivity contribution in [1.29, 1.82) is 0 Å². The summed E-state index contributed by atoms with van der Waals surface area (Å²) in [5, 5.41) is 0. The van der Waals surface area contributed by atoms with Gasteiger partial charge in [0.2, 0.25) is 0 Å². The monoisotopic (exact) mass is 174 g/mol. The second kappa shape index (κ2) is 4.10. The van der Waals surface area contributed by atoms with Crippen molar-refractivity contribution >= 4 is 17.9 Å². The number of aldehydes is 1. The Hall–Kier alpha value is -0.0400. The molecule has 1 aliphatic rings. The van der Waals surface area contributed by atoms with Crippen LogP contribution in [0.5, 0.6) is 0 Å². The maximum atomic E-state index is 10.8. The molecule has 0 radical (unpaired) electrons. The molecule has 1 nitrogen and oxygen atoms in total. The van der Waals surface area contributed by atoms with Crippen LogP contribution >= 0.6 is 11.6 Å². The van der Waals surface area contributed by atoms with E-state index in [1.807, 2.05) is 0 Å². The number of alkyl halides is 1. The first-order chi connectivity index (χ1) is 5.33. The van der Waals surface area contributed by atoms with Gasteiger partial charge in [0.15, 0.2) is 0 Å². The molecule has 1 rings (SSSR count). The zero-order valence-electron chi connectivity index (χ0n) is 6.81. The Morgan fingerprint density at radius 1 is 1.27 bits per heavy atom. The average molecular weight is 175 g/mol. The highest BCUT2D eigenvalue weighted by atomic mass is 35.5. The smallest absolute Gasteiger partial charge is 0.126 e. The number of carbonyl (C=O) groups is 1. The Balaban J connectivity index is 2.49. The van der Waals surface area contributed by atoms with Gasteiger partial charge in [0.25, 0.3) is 0 Å². The number of hydrogen-bond donors (Lipinski definition) is 0. The minimum Gasteiger partial charge on any atom is -0.303 e. The normalized spacial score (nSPS) is 23.0. The van der Waals surface area contributed by atoms with E-state index in [1.165, 1.54) is 19.3 Å². The molecule has 11 heavy (non-hydrogen) atoms. The molecular weight excluding hydrogens is 160 g/mol. The molecule has 64 valence electrons. The van der Waals surface area contributed by atoms with Gasteiger partial charge in [-0.1, -0.05) is 19.3 Å². The first-order valence-corrected chi connectivity index (χ1v) is 4.89. The van der Waals surface area contributed by atoms with Crippen molar-refractivity contribution < 1.29 is 4.79 Å². The van der Waals surface area contributed by atoms with Crippen molar-refractivity contribution in [1.82, 2.24) is 0 Å². The van der Waals surface area contributed by atoms with Gasteiger partial charge in [-0.05, 0) is 19.3 Å². The molecule has 0 spiro atoms. The molecule has 1 saturated carbocycles. The Labute approximate surface area is 73.1 Å². The first-order valence-electron chi connectivity index (χ1n) is 4.35. The van der Waals surface area contributed by atoms with Crippen LogP contribution in [0, 0.1) is 5.41 Å². The summed E-state index contributed by atoms with van der Waals surface area (Å²) in [6, 6.07) is 0. The Morgan fingerprint density at radius 3 is 2.36 bits per heavy atom. The predicted octanol–water partition coefficient (Wildman–Crippen LogP) is 2.76. The van der Waals surface area contributed by atoms with Gasteiger partial charge in [0, 0.05) is 11.3 Å². The molecule has 1 aliphatic carbocycles. The molecule has 0 atom stereocenters. The lowest BCUT2D eigenvalue weighted by molar-refractivity contribution is -0.118. The summed E-state index contributed by atoms with van der Waals surface area (Å²) < 4.78 is 0. The molecule has 0 heterocycles. The SMILES string of the molecule is O=CC1(CCCl)CCCCC1.